The van der Waals surface area contributed by atoms with Gasteiger partial charge in [-0.2, -0.15) is 0 Å². The van der Waals surface area contributed by atoms with Gasteiger partial charge in [-0.15, -0.1) is 11.3 Å². The molecule has 0 fully saturated rings. The highest BCUT2D eigenvalue weighted by Gasteiger charge is 2.21. The number of halogens is 1. The second kappa shape index (κ2) is 8.55. The summed E-state index contributed by atoms with van der Waals surface area (Å²) in [7, 11) is 0. The number of amides is 1. The van der Waals surface area contributed by atoms with E-state index in [0.29, 0.717) is 17.1 Å². The summed E-state index contributed by atoms with van der Waals surface area (Å²) < 4.78 is 18.2. The van der Waals surface area contributed by atoms with Crippen LogP contribution in [0.4, 0.5) is 4.39 Å². The SMILES string of the molecule is C[C@H](OC(=O)c1csc(-c2ccc(F)cc2)n1)C(=O)NCc1ccccc1. The molecule has 138 valence electrons. The lowest BCUT2D eigenvalue weighted by molar-refractivity contribution is -0.129. The van der Waals surface area contributed by atoms with Gasteiger partial charge < -0.3 is 10.1 Å². The molecule has 0 aliphatic carbocycles. The van der Waals surface area contributed by atoms with Crippen LogP contribution in [0.25, 0.3) is 10.6 Å². The number of esters is 1. The molecule has 3 rings (SSSR count). The summed E-state index contributed by atoms with van der Waals surface area (Å²) in [4.78, 5) is 28.5. The summed E-state index contributed by atoms with van der Waals surface area (Å²) in [5.74, 6) is -1.41. The molecule has 3 aromatic rings. The average Bonchev–Trinajstić information content (AvgIpc) is 3.17. The normalized spacial score (nSPS) is 11.6. The van der Waals surface area contributed by atoms with Crippen molar-refractivity contribution in [3.05, 3.63) is 77.1 Å². The second-order valence-corrected chi connectivity index (χ2v) is 6.65. The van der Waals surface area contributed by atoms with Crippen molar-refractivity contribution in [2.24, 2.45) is 0 Å². The molecule has 1 atom stereocenters. The summed E-state index contributed by atoms with van der Waals surface area (Å²) in [5, 5.41) is 4.85. The molecular weight excluding hydrogens is 367 g/mol. The Kier molecular flexibility index (Phi) is 5.93. The van der Waals surface area contributed by atoms with E-state index in [0.717, 1.165) is 5.56 Å². The zero-order chi connectivity index (χ0) is 19.2. The van der Waals surface area contributed by atoms with Gasteiger partial charge in [0.1, 0.15) is 10.8 Å². The standard InChI is InChI=1S/C20H17FN2O3S/c1-13(18(24)22-11-14-5-3-2-4-6-14)26-20(25)17-12-27-19(23-17)15-7-9-16(21)10-8-15/h2-10,12-13H,11H2,1H3,(H,22,24)/t13-/m0/s1. The molecule has 0 aliphatic rings. The third-order valence-corrected chi connectivity index (χ3v) is 4.66. The van der Waals surface area contributed by atoms with E-state index in [4.69, 9.17) is 4.74 Å². The van der Waals surface area contributed by atoms with E-state index < -0.39 is 12.1 Å². The molecule has 0 spiro atoms. The number of hydrogen-bond acceptors (Lipinski definition) is 5. The fourth-order valence-corrected chi connectivity index (χ4v) is 3.09. The van der Waals surface area contributed by atoms with Crippen LogP contribution in [0, 0.1) is 5.82 Å². The maximum atomic E-state index is 13.0. The monoisotopic (exact) mass is 384 g/mol. The van der Waals surface area contributed by atoms with Crippen molar-refractivity contribution in [3.8, 4) is 10.6 Å². The van der Waals surface area contributed by atoms with Gasteiger partial charge in [0.15, 0.2) is 11.8 Å². The molecule has 1 N–H and O–H groups in total. The molecule has 2 aromatic carbocycles. The number of benzene rings is 2. The van der Waals surface area contributed by atoms with E-state index in [9.17, 15) is 14.0 Å². The van der Waals surface area contributed by atoms with Crippen LogP contribution in [0.2, 0.25) is 0 Å². The highest BCUT2D eigenvalue weighted by atomic mass is 32.1. The van der Waals surface area contributed by atoms with Gasteiger partial charge in [-0.3, -0.25) is 4.79 Å². The van der Waals surface area contributed by atoms with Crippen LogP contribution in [0.1, 0.15) is 23.0 Å². The lowest BCUT2D eigenvalue weighted by Crippen LogP contribution is -2.35. The summed E-state index contributed by atoms with van der Waals surface area (Å²) in [6.45, 7) is 1.86. The Morgan fingerprint density at radius 2 is 1.85 bits per heavy atom. The lowest BCUT2D eigenvalue weighted by Gasteiger charge is -2.12. The Balaban J connectivity index is 1.56. The number of carbonyl (C=O) groups is 2. The molecule has 1 aromatic heterocycles. The average molecular weight is 384 g/mol. The first-order valence-corrected chi connectivity index (χ1v) is 9.15. The van der Waals surface area contributed by atoms with E-state index in [1.54, 1.807) is 17.5 Å². The summed E-state index contributed by atoms with van der Waals surface area (Å²) >= 11 is 1.24. The Hall–Kier alpha value is -3.06. The van der Waals surface area contributed by atoms with Gasteiger partial charge in [-0.25, -0.2) is 14.2 Å². The van der Waals surface area contributed by atoms with Gasteiger partial charge in [0, 0.05) is 17.5 Å². The molecule has 0 saturated carbocycles. The topological polar surface area (TPSA) is 68.3 Å². The van der Waals surface area contributed by atoms with E-state index in [-0.39, 0.29) is 17.4 Å². The van der Waals surface area contributed by atoms with Crippen LogP contribution in [-0.2, 0) is 16.1 Å². The molecule has 0 aliphatic heterocycles. The molecule has 0 bridgehead atoms. The van der Waals surface area contributed by atoms with E-state index in [1.165, 1.54) is 30.4 Å². The Morgan fingerprint density at radius 3 is 2.56 bits per heavy atom. The quantitative estimate of drug-likeness (QED) is 0.656. The maximum absolute atomic E-state index is 13.0. The van der Waals surface area contributed by atoms with Crippen molar-refractivity contribution < 1.29 is 18.7 Å². The minimum absolute atomic E-state index is 0.113. The molecule has 0 radical (unpaired) electrons. The van der Waals surface area contributed by atoms with Gasteiger partial charge in [0.25, 0.3) is 5.91 Å². The molecule has 1 amide bonds. The van der Waals surface area contributed by atoms with Crippen LogP contribution in [0.3, 0.4) is 0 Å². The van der Waals surface area contributed by atoms with Crippen LogP contribution < -0.4 is 5.32 Å². The number of nitrogens with one attached hydrogen (secondary N) is 1. The first kappa shape index (κ1) is 18.7. The smallest absolute Gasteiger partial charge is 0.358 e. The predicted molar refractivity (Wildman–Crippen MR) is 101 cm³/mol. The molecule has 5 nitrogen and oxygen atoms in total. The number of thiazole rings is 1. The van der Waals surface area contributed by atoms with Gasteiger partial charge >= 0.3 is 5.97 Å². The van der Waals surface area contributed by atoms with Crippen LogP contribution in [0.15, 0.2) is 60.0 Å². The van der Waals surface area contributed by atoms with Crippen LogP contribution in [-0.4, -0.2) is 23.0 Å². The predicted octanol–water partition coefficient (Wildman–Crippen LogP) is 3.81. The number of rotatable bonds is 6. The number of carbonyl (C=O) groups excluding carboxylic acids is 2. The van der Waals surface area contributed by atoms with Crippen molar-refractivity contribution in [2.45, 2.75) is 19.6 Å². The minimum atomic E-state index is -0.947. The largest absolute Gasteiger partial charge is 0.448 e. The molecule has 27 heavy (non-hydrogen) atoms. The molecular formula is C20H17FN2O3S. The van der Waals surface area contributed by atoms with E-state index in [2.05, 4.69) is 10.3 Å². The molecule has 1 heterocycles. The first-order chi connectivity index (χ1) is 13.0. The van der Waals surface area contributed by atoms with Crippen molar-refractivity contribution in [1.29, 1.82) is 0 Å². The molecule has 0 saturated heterocycles. The zero-order valence-electron chi connectivity index (χ0n) is 14.5. The molecule has 7 heteroatoms. The van der Waals surface area contributed by atoms with Gasteiger partial charge in [-0.1, -0.05) is 30.3 Å². The zero-order valence-corrected chi connectivity index (χ0v) is 15.3. The summed E-state index contributed by atoms with van der Waals surface area (Å²) in [6.07, 6.45) is -0.947. The maximum Gasteiger partial charge on any atom is 0.358 e. The molecule has 0 unspecified atom stereocenters. The second-order valence-electron chi connectivity index (χ2n) is 5.80. The third kappa shape index (κ3) is 4.98. The Morgan fingerprint density at radius 1 is 1.15 bits per heavy atom. The summed E-state index contributed by atoms with van der Waals surface area (Å²) in [5.41, 5.74) is 1.77. The highest BCUT2D eigenvalue weighted by Crippen LogP contribution is 2.24. The van der Waals surface area contributed by atoms with Crippen LogP contribution in [0.5, 0.6) is 0 Å². The fourth-order valence-electron chi connectivity index (χ4n) is 2.30. The van der Waals surface area contributed by atoms with Crippen molar-refractivity contribution in [3.63, 3.8) is 0 Å². The fraction of sp³-hybridized carbons (Fsp3) is 0.150. The lowest BCUT2D eigenvalue weighted by atomic mass is 10.2. The van der Waals surface area contributed by atoms with E-state index in [1.807, 2.05) is 30.3 Å². The van der Waals surface area contributed by atoms with Crippen molar-refractivity contribution in [1.82, 2.24) is 10.3 Å². The summed E-state index contributed by atoms with van der Waals surface area (Å²) in [6, 6.07) is 15.3. The highest BCUT2D eigenvalue weighted by molar-refractivity contribution is 7.13. The van der Waals surface area contributed by atoms with Crippen molar-refractivity contribution in [2.75, 3.05) is 0 Å². The first-order valence-electron chi connectivity index (χ1n) is 8.27. The van der Waals surface area contributed by atoms with Gasteiger partial charge in [-0.05, 0) is 36.8 Å². The van der Waals surface area contributed by atoms with Gasteiger partial charge in [0.05, 0.1) is 0 Å². The number of ether oxygens (including phenoxy) is 1. The Labute approximate surface area is 159 Å². The van der Waals surface area contributed by atoms with Crippen LogP contribution >= 0.6 is 11.3 Å². The van der Waals surface area contributed by atoms with E-state index >= 15 is 0 Å². The third-order valence-electron chi connectivity index (χ3n) is 3.77. The number of nitrogens with zero attached hydrogens (tertiary/aromatic N) is 1. The number of aromatic nitrogens is 1. The number of hydrogen-bond donors (Lipinski definition) is 1. The Bertz CT molecular complexity index is 926. The minimum Gasteiger partial charge on any atom is -0.448 e. The van der Waals surface area contributed by atoms with Crippen molar-refractivity contribution >= 4 is 23.2 Å². The van der Waals surface area contributed by atoms with Gasteiger partial charge in [0.2, 0.25) is 0 Å².